The molecule has 74 valence electrons. The average Bonchev–Trinajstić information content (AvgIpc) is 2.21. The lowest BCUT2D eigenvalue weighted by atomic mass is 10.1. The maximum atomic E-state index is 5.55. The van der Waals surface area contributed by atoms with Gasteiger partial charge in [-0.3, -0.25) is 0 Å². The fraction of sp³-hybridized carbons (Fsp3) is 0.333. The van der Waals surface area contributed by atoms with Crippen molar-refractivity contribution in [2.24, 2.45) is 0 Å². The van der Waals surface area contributed by atoms with Gasteiger partial charge in [0.05, 0.1) is 0 Å². The highest BCUT2D eigenvalue weighted by molar-refractivity contribution is 6.18. The van der Waals surface area contributed by atoms with Gasteiger partial charge in [0.2, 0.25) is 0 Å². The van der Waals surface area contributed by atoms with Crippen molar-refractivity contribution in [3.8, 4) is 11.8 Å². The second kappa shape index (κ2) is 6.48. The molecule has 0 aliphatic carbocycles. The SMILES string of the molecule is CNCc1ccccc1C#CCCCl. The number of benzene rings is 1. The number of alkyl halides is 1. The Balaban J connectivity index is 2.80. The predicted molar refractivity (Wildman–Crippen MR) is 61.4 cm³/mol. The normalized spacial score (nSPS) is 9.29. The van der Waals surface area contributed by atoms with E-state index in [1.165, 1.54) is 5.56 Å². The van der Waals surface area contributed by atoms with Crippen molar-refractivity contribution in [2.75, 3.05) is 12.9 Å². The Hall–Kier alpha value is -0.970. The molecule has 1 nitrogen and oxygen atoms in total. The minimum atomic E-state index is 0.598. The Morgan fingerprint density at radius 3 is 2.86 bits per heavy atom. The van der Waals surface area contributed by atoms with E-state index in [-0.39, 0.29) is 0 Å². The molecule has 1 N–H and O–H groups in total. The summed E-state index contributed by atoms with van der Waals surface area (Å²) in [6, 6.07) is 8.15. The van der Waals surface area contributed by atoms with Crippen LogP contribution in [0.3, 0.4) is 0 Å². The van der Waals surface area contributed by atoms with Gasteiger partial charge in [-0.2, -0.15) is 0 Å². The first kappa shape index (κ1) is 11.1. The molecule has 2 heteroatoms. The maximum Gasteiger partial charge on any atom is 0.0333 e. The van der Waals surface area contributed by atoms with E-state index >= 15 is 0 Å². The zero-order valence-corrected chi connectivity index (χ0v) is 9.06. The van der Waals surface area contributed by atoms with Crippen molar-refractivity contribution in [1.82, 2.24) is 5.32 Å². The van der Waals surface area contributed by atoms with Gasteiger partial charge < -0.3 is 5.32 Å². The first-order chi connectivity index (χ1) is 6.88. The average molecular weight is 208 g/mol. The Morgan fingerprint density at radius 2 is 2.14 bits per heavy atom. The molecule has 0 unspecified atom stereocenters. The van der Waals surface area contributed by atoms with Crippen LogP contribution in [0.25, 0.3) is 0 Å². The molecule has 0 heterocycles. The smallest absolute Gasteiger partial charge is 0.0333 e. The van der Waals surface area contributed by atoms with Gasteiger partial charge >= 0.3 is 0 Å². The van der Waals surface area contributed by atoms with Crippen molar-refractivity contribution in [3.63, 3.8) is 0 Å². The Kier molecular flexibility index (Phi) is 5.14. The van der Waals surface area contributed by atoms with Crippen LogP contribution in [0.5, 0.6) is 0 Å². The third-order valence-corrected chi connectivity index (χ3v) is 2.02. The molecule has 0 fully saturated rings. The standard InChI is InChI=1S/C12H14ClN/c1-14-10-12-8-3-2-6-11(12)7-4-5-9-13/h2-3,6,8,14H,5,9-10H2,1H3. The molecule has 0 bridgehead atoms. The zero-order valence-electron chi connectivity index (χ0n) is 8.31. The fourth-order valence-electron chi connectivity index (χ4n) is 1.19. The van der Waals surface area contributed by atoms with E-state index < -0.39 is 0 Å². The molecule has 1 rings (SSSR count). The van der Waals surface area contributed by atoms with Crippen molar-refractivity contribution in [2.45, 2.75) is 13.0 Å². The van der Waals surface area contributed by atoms with Crippen LogP contribution in [0.1, 0.15) is 17.5 Å². The quantitative estimate of drug-likeness (QED) is 0.593. The first-order valence-corrected chi connectivity index (χ1v) is 5.19. The van der Waals surface area contributed by atoms with Crippen LogP contribution in [0.4, 0.5) is 0 Å². The first-order valence-electron chi connectivity index (χ1n) is 4.66. The second-order valence-electron chi connectivity index (χ2n) is 2.93. The Labute approximate surface area is 90.5 Å². The van der Waals surface area contributed by atoms with E-state index in [0.29, 0.717) is 5.88 Å². The van der Waals surface area contributed by atoms with Gasteiger partial charge in [-0.1, -0.05) is 30.0 Å². The van der Waals surface area contributed by atoms with Gasteiger partial charge in [0, 0.05) is 24.4 Å². The zero-order chi connectivity index (χ0) is 10.2. The highest BCUT2D eigenvalue weighted by Crippen LogP contribution is 2.06. The predicted octanol–water partition coefficient (Wildman–Crippen LogP) is 2.39. The molecular formula is C12H14ClN. The van der Waals surface area contributed by atoms with Crippen LogP contribution in [0.2, 0.25) is 0 Å². The third kappa shape index (κ3) is 3.41. The minimum Gasteiger partial charge on any atom is -0.316 e. The molecule has 14 heavy (non-hydrogen) atoms. The van der Waals surface area contributed by atoms with E-state index in [0.717, 1.165) is 18.5 Å². The highest BCUT2D eigenvalue weighted by atomic mass is 35.5. The summed E-state index contributed by atoms with van der Waals surface area (Å²) < 4.78 is 0. The summed E-state index contributed by atoms with van der Waals surface area (Å²) in [5.41, 5.74) is 2.32. The summed E-state index contributed by atoms with van der Waals surface area (Å²) >= 11 is 5.55. The number of rotatable bonds is 3. The van der Waals surface area contributed by atoms with Gasteiger partial charge in [-0.15, -0.1) is 11.6 Å². The number of hydrogen-bond donors (Lipinski definition) is 1. The lowest BCUT2D eigenvalue weighted by Crippen LogP contribution is -2.06. The largest absolute Gasteiger partial charge is 0.316 e. The molecule has 0 aliphatic rings. The molecule has 0 atom stereocenters. The van der Waals surface area contributed by atoms with E-state index in [2.05, 4.69) is 23.2 Å². The van der Waals surface area contributed by atoms with Crippen LogP contribution in [-0.4, -0.2) is 12.9 Å². The Morgan fingerprint density at radius 1 is 1.36 bits per heavy atom. The third-order valence-electron chi connectivity index (χ3n) is 1.83. The minimum absolute atomic E-state index is 0.598. The van der Waals surface area contributed by atoms with Gasteiger partial charge in [0.25, 0.3) is 0 Å². The number of hydrogen-bond acceptors (Lipinski definition) is 1. The van der Waals surface area contributed by atoms with E-state index in [1.807, 2.05) is 25.2 Å². The van der Waals surface area contributed by atoms with Crippen LogP contribution < -0.4 is 5.32 Å². The summed E-state index contributed by atoms with van der Waals surface area (Å²) in [4.78, 5) is 0. The second-order valence-corrected chi connectivity index (χ2v) is 3.31. The molecule has 0 spiro atoms. The summed E-state index contributed by atoms with van der Waals surface area (Å²) in [6.45, 7) is 0.853. The molecule has 0 amide bonds. The molecular weight excluding hydrogens is 194 g/mol. The molecule has 0 aliphatic heterocycles. The van der Waals surface area contributed by atoms with Gasteiger partial charge in [0.15, 0.2) is 0 Å². The van der Waals surface area contributed by atoms with Crippen LogP contribution >= 0.6 is 11.6 Å². The van der Waals surface area contributed by atoms with E-state index in [9.17, 15) is 0 Å². The fourth-order valence-corrected chi connectivity index (χ4v) is 1.29. The molecule has 0 radical (unpaired) electrons. The summed E-state index contributed by atoms with van der Waals surface area (Å²) in [5.74, 6) is 6.76. The highest BCUT2D eigenvalue weighted by Gasteiger charge is 1.95. The Bertz CT molecular complexity index is 336. The summed E-state index contributed by atoms with van der Waals surface area (Å²) in [6.07, 6.45) is 0.745. The van der Waals surface area contributed by atoms with Crippen LogP contribution in [-0.2, 0) is 6.54 Å². The molecule has 0 aromatic heterocycles. The van der Waals surface area contributed by atoms with Crippen LogP contribution in [0.15, 0.2) is 24.3 Å². The monoisotopic (exact) mass is 207 g/mol. The molecule has 1 aromatic carbocycles. The van der Waals surface area contributed by atoms with Crippen molar-refractivity contribution in [3.05, 3.63) is 35.4 Å². The van der Waals surface area contributed by atoms with E-state index in [4.69, 9.17) is 11.6 Å². The maximum absolute atomic E-state index is 5.55. The summed E-state index contributed by atoms with van der Waals surface area (Å²) in [7, 11) is 1.93. The molecule has 0 saturated heterocycles. The van der Waals surface area contributed by atoms with Crippen molar-refractivity contribution < 1.29 is 0 Å². The summed E-state index contributed by atoms with van der Waals surface area (Å²) in [5, 5.41) is 3.12. The van der Waals surface area contributed by atoms with Crippen LogP contribution in [0, 0.1) is 11.8 Å². The van der Waals surface area contributed by atoms with Crippen molar-refractivity contribution in [1.29, 1.82) is 0 Å². The van der Waals surface area contributed by atoms with Gasteiger partial charge in [-0.05, 0) is 18.7 Å². The topological polar surface area (TPSA) is 12.0 Å². The lowest BCUT2D eigenvalue weighted by Gasteiger charge is -2.02. The van der Waals surface area contributed by atoms with Gasteiger partial charge in [0.1, 0.15) is 0 Å². The van der Waals surface area contributed by atoms with Gasteiger partial charge in [-0.25, -0.2) is 0 Å². The molecule has 1 aromatic rings. The van der Waals surface area contributed by atoms with Crippen molar-refractivity contribution >= 4 is 11.6 Å². The molecule has 0 saturated carbocycles. The number of nitrogens with one attached hydrogen (secondary N) is 1. The lowest BCUT2D eigenvalue weighted by molar-refractivity contribution is 0.816. The van der Waals surface area contributed by atoms with E-state index in [1.54, 1.807) is 0 Å². The number of halogens is 1.